The van der Waals surface area contributed by atoms with E-state index in [2.05, 4.69) is 24.3 Å². The molecule has 2 atom stereocenters. The van der Waals surface area contributed by atoms with Crippen molar-refractivity contribution < 1.29 is 14.3 Å². The van der Waals surface area contributed by atoms with E-state index in [-0.39, 0.29) is 17.5 Å². The van der Waals surface area contributed by atoms with Crippen molar-refractivity contribution in [2.45, 2.75) is 65.8 Å². The molecule has 176 valence electrons. The van der Waals surface area contributed by atoms with Gasteiger partial charge in [0.1, 0.15) is 17.8 Å². The Labute approximate surface area is 198 Å². The standard InChI is InChI=1S/C28H36N2O3/c1-27(2,3)25-29(7)24(31)23(30(25)26(32)33-28(4,5)6)19-22-17-15-21(16-18-22)14-13-20-11-9-8-10-12-20/h8-18,23,25H,19H2,1-7H3/b14-13+/t23-,25-/m0/s1. The fourth-order valence-electron chi connectivity index (χ4n) is 4.30. The first-order chi connectivity index (χ1) is 15.4. The van der Waals surface area contributed by atoms with Gasteiger partial charge in [-0.3, -0.25) is 9.69 Å². The number of likely N-dealkylation sites (N-methyl/N-ethyl adjacent to an activating group) is 1. The first kappa shape index (κ1) is 24.6. The lowest BCUT2D eigenvalue weighted by Crippen LogP contribution is -2.52. The summed E-state index contributed by atoms with van der Waals surface area (Å²) >= 11 is 0. The Balaban J connectivity index is 1.82. The second-order valence-corrected chi connectivity index (χ2v) is 10.8. The molecule has 1 heterocycles. The highest BCUT2D eigenvalue weighted by atomic mass is 16.6. The van der Waals surface area contributed by atoms with Crippen molar-refractivity contribution in [3.05, 3.63) is 71.3 Å². The number of carbonyl (C=O) groups is 2. The lowest BCUT2D eigenvalue weighted by atomic mass is 9.91. The Morgan fingerprint density at radius 2 is 1.45 bits per heavy atom. The summed E-state index contributed by atoms with van der Waals surface area (Å²) < 4.78 is 5.70. The minimum Gasteiger partial charge on any atom is -0.444 e. The molecule has 2 aromatic carbocycles. The number of ether oxygens (including phenoxy) is 1. The second kappa shape index (κ2) is 9.42. The van der Waals surface area contributed by atoms with Gasteiger partial charge in [-0.1, -0.05) is 87.5 Å². The smallest absolute Gasteiger partial charge is 0.412 e. The molecule has 2 amide bonds. The molecule has 33 heavy (non-hydrogen) atoms. The zero-order valence-electron chi connectivity index (χ0n) is 20.8. The molecule has 2 aromatic rings. The maximum atomic E-state index is 13.2. The third-order valence-electron chi connectivity index (χ3n) is 5.65. The summed E-state index contributed by atoms with van der Waals surface area (Å²) in [5, 5.41) is 0. The fourth-order valence-corrected chi connectivity index (χ4v) is 4.30. The highest BCUT2D eigenvalue weighted by Crippen LogP contribution is 2.36. The van der Waals surface area contributed by atoms with E-state index < -0.39 is 17.7 Å². The molecule has 0 radical (unpaired) electrons. The number of nitrogens with zero attached hydrogens (tertiary/aromatic N) is 2. The van der Waals surface area contributed by atoms with E-state index in [1.54, 1.807) is 16.8 Å². The van der Waals surface area contributed by atoms with Crippen LogP contribution in [0.5, 0.6) is 0 Å². The van der Waals surface area contributed by atoms with Gasteiger partial charge >= 0.3 is 6.09 Å². The molecule has 0 saturated carbocycles. The number of hydrogen-bond donors (Lipinski definition) is 0. The van der Waals surface area contributed by atoms with Gasteiger partial charge in [0, 0.05) is 18.9 Å². The van der Waals surface area contributed by atoms with Gasteiger partial charge in [0.2, 0.25) is 5.91 Å². The SMILES string of the molecule is CN1C(=O)[C@H](Cc2ccc(/C=C/c3ccccc3)cc2)N(C(=O)OC(C)(C)C)[C@H]1C(C)(C)C. The minimum atomic E-state index is -0.638. The zero-order valence-corrected chi connectivity index (χ0v) is 20.8. The van der Waals surface area contributed by atoms with E-state index in [1.165, 1.54) is 0 Å². The van der Waals surface area contributed by atoms with Crippen LogP contribution in [0.4, 0.5) is 4.79 Å². The normalized spacial score (nSPS) is 19.4. The van der Waals surface area contributed by atoms with Crippen LogP contribution in [-0.4, -0.2) is 46.7 Å². The van der Waals surface area contributed by atoms with Gasteiger partial charge in [-0.15, -0.1) is 0 Å². The van der Waals surface area contributed by atoms with Crippen LogP contribution in [0, 0.1) is 5.41 Å². The van der Waals surface area contributed by atoms with Crippen LogP contribution in [-0.2, 0) is 16.0 Å². The van der Waals surface area contributed by atoms with Crippen LogP contribution in [0.15, 0.2) is 54.6 Å². The van der Waals surface area contributed by atoms with E-state index >= 15 is 0 Å². The Morgan fingerprint density at radius 1 is 0.909 bits per heavy atom. The van der Waals surface area contributed by atoms with Crippen molar-refractivity contribution in [1.82, 2.24) is 9.80 Å². The maximum Gasteiger partial charge on any atom is 0.412 e. The van der Waals surface area contributed by atoms with Gasteiger partial charge in [-0.2, -0.15) is 0 Å². The monoisotopic (exact) mass is 448 g/mol. The molecule has 0 bridgehead atoms. The van der Waals surface area contributed by atoms with Crippen molar-refractivity contribution in [3.8, 4) is 0 Å². The largest absolute Gasteiger partial charge is 0.444 e. The van der Waals surface area contributed by atoms with Crippen molar-refractivity contribution in [2.24, 2.45) is 5.41 Å². The van der Waals surface area contributed by atoms with Crippen molar-refractivity contribution in [1.29, 1.82) is 0 Å². The predicted molar refractivity (Wildman–Crippen MR) is 133 cm³/mol. The van der Waals surface area contributed by atoms with Crippen LogP contribution in [0.25, 0.3) is 12.2 Å². The van der Waals surface area contributed by atoms with Crippen molar-refractivity contribution in [3.63, 3.8) is 0 Å². The predicted octanol–water partition coefficient (Wildman–Crippen LogP) is 5.85. The van der Waals surface area contributed by atoms with Crippen LogP contribution in [0.2, 0.25) is 0 Å². The average molecular weight is 449 g/mol. The lowest BCUT2D eigenvalue weighted by Gasteiger charge is -2.39. The molecule has 1 saturated heterocycles. The van der Waals surface area contributed by atoms with Gasteiger partial charge in [0.05, 0.1) is 0 Å². The summed E-state index contributed by atoms with van der Waals surface area (Å²) in [7, 11) is 1.77. The van der Waals surface area contributed by atoms with Crippen LogP contribution in [0.3, 0.4) is 0 Å². The van der Waals surface area contributed by atoms with E-state index in [0.717, 1.165) is 16.7 Å². The second-order valence-electron chi connectivity index (χ2n) is 10.8. The summed E-state index contributed by atoms with van der Waals surface area (Å²) in [6.07, 6.45) is 3.75. The van der Waals surface area contributed by atoms with Crippen LogP contribution in [0.1, 0.15) is 58.2 Å². The molecule has 1 aliphatic heterocycles. The van der Waals surface area contributed by atoms with Crippen LogP contribution >= 0.6 is 0 Å². The summed E-state index contributed by atoms with van der Waals surface area (Å²) in [5.74, 6) is -0.0613. The van der Waals surface area contributed by atoms with Crippen LogP contribution < -0.4 is 0 Å². The lowest BCUT2D eigenvalue weighted by molar-refractivity contribution is -0.129. The molecular weight excluding hydrogens is 412 g/mol. The molecule has 1 fully saturated rings. The number of amides is 2. The van der Waals surface area contributed by atoms with Gasteiger partial charge in [-0.25, -0.2) is 4.79 Å². The maximum absolute atomic E-state index is 13.2. The highest BCUT2D eigenvalue weighted by Gasteiger charge is 2.52. The first-order valence-electron chi connectivity index (χ1n) is 11.5. The molecule has 3 rings (SSSR count). The number of rotatable bonds is 4. The number of carbonyl (C=O) groups excluding carboxylic acids is 2. The van der Waals surface area contributed by atoms with E-state index in [4.69, 9.17) is 4.74 Å². The summed E-state index contributed by atoms with van der Waals surface area (Å²) in [4.78, 5) is 29.8. The topological polar surface area (TPSA) is 49.9 Å². The molecule has 5 nitrogen and oxygen atoms in total. The molecule has 0 N–H and O–H groups in total. The number of hydrogen-bond acceptors (Lipinski definition) is 3. The molecule has 0 aliphatic carbocycles. The van der Waals surface area contributed by atoms with Crippen molar-refractivity contribution in [2.75, 3.05) is 7.05 Å². The molecule has 1 aliphatic rings. The molecule has 0 spiro atoms. The molecule has 0 unspecified atom stereocenters. The fraction of sp³-hybridized carbons (Fsp3) is 0.429. The van der Waals surface area contributed by atoms with E-state index in [0.29, 0.717) is 6.42 Å². The zero-order chi connectivity index (χ0) is 24.4. The van der Waals surface area contributed by atoms with Gasteiger partial charge in [0.15, 0.2) is 0 Å². The molecule has 0 aromatic heterocycles. The Hall–Kier alpha value is -3.08. The summed E-state index contributed by atoms with van der Waals surface area (Å²) in [6.45, 7) is 11.6. The van der Waals surface area contributed by atoms with E-state index in [9.17, 15) is 9.59 Å². The Kier molecular flexibility index (Phi) is 7.01. The van der Waals surface area contributed by atoms with E-state index in [1.807, 2.05) is 84.0 Å². The quantitative estimate of drug-likeness (QED) is 0.551. The highest BCUT2D eigenvalue weighted by molar-refractivity contribution is 5.89. The van der Waals surface area contributed by atoms with Gasteiger partial charge < -0.3 is 9.64 Å². The summed E-state index contributed by atoms with van der Waals surface area (Å²) in [5.41, 5.74) is 2.27. The first-order valence-corrected chi connectivity index (χ1v) is 11.5. The number of benzene rings is 2. The molecular formula is C28H36N2O3. The van der Waals surface area contributed by atoms with Gasteiger partial charge in [0.25, 0.3) is 0 Å². The summed E-state index contributed by atoms with van der Waals surface area (Å²) in [6, 6.07) is 17.7. The molecule has 5 heteroatoms. The third kappa shape index (κ3) is 6.04. The Bertz CT molecular complexity index is 998. The minimum absolute atomic E-state index is 0.0613. The third-order valence-corrected chi connectivity index (χ3v) is 5.65. The Morgan fingerprint density at radius 3 is 1.97 bits per heavy atom. The van der Waals surface area contributed by atoms with Crippen molar-refractivity contribution >= 4 is 24.2 Å². The van der Waals surface area contributed by atoms with Gasteiger partial charge in [-0.05, 0) is 37.5 Å². The average Bonchev–Trinajstić information content (AvgIpc) is 2.98.